The summed E-state index contributed by atoms with van der Waals surface area (Å²) in [4.78, 5) is 6.89. The van der Waals surface area contributed by atoms with Crippen LogP contribution in [0.2, 0.25) is 0 Å². The Morgan fingerprint density at radius 2 is 2.00 bits per heavy atom. The molecule has 1 fully saturated rings. The molecule has 1 atom stereocenters. The smallest absolute Gasteiger partial charge is 0.231 e. The number of benzene rings is 1. The highest BCUT2D eigenvalue weighted by molar-refractivity contribution is 5.44. The molecule has 5 heteroatoms. The highest BCUT2D eigenvalue weighted by Crippen LogP contribution is 2.33. The van der Waals surface area contributed by atoms with Crippen LogP contribution in [-0.2, 0) is 17.8 Å². The third kappa shape index (κ3) is 4.99. The maximum atomic E-state index is 6.05. The van der Waals surface area contributed by atoms with Crippen molar-refractivity contribution in [2.45, 2.75) is 38.9 Å². The van der Waals surface area contributed by atoms with Gasteiger partial charge in [-0.15, -0.1) is 0 Å². The zero-order valence-electron chi connectivity index (χ0n) is 16.0. The predicted molar refractivity (Wildman–Crippen MR) is 104 cm³/mol. The molecule has 2 aliphatic heterocycles. The number of rotatable bonds is 7. The van der Waals surface area contributed by atoms with Crippen molar-refractivity contribution in [3.8, 4) is 11.5 Å². The SMILES string of the molecule is CC(Cc1ccc2c(c1)OCO2)CN1CCC(OCc2ccccn2)CC1. The maximum Gasteiger partial charge on any atom is 0.231 e. The summed E-state index contributed by atoms with van der Waals surface area (Å²) >= 11 is 0. The van der Waals surface area contributed by atoms with Crippen LogP contribution in [0, 0.1) is 5.92 Å². The molecule has 27 heavy (non-hydrogen) atoms. The fourth-order valence-electron chi connectivity index (χ4n) is 3.92. The van der Waals surface area contributed by atoms with Gasteiger partial charge in [0.15, 0.2) is 11.5 Å². The van der Waals surface area contributed by atoms with E-state index in [1.165, 1.54) is 5.56 Å². The van der Waals surface area contributed by atoms with Crippen molar-refractivity contribution in [3.05, 3.63) is 53.9 Å². The Bertz CT molecular complexity index is 730. The lowest BCUT2D eigenvalue weighted by molar-refractivity contribution is -0.00589. The van der Waals surface area contributed by atoms with Crippen LogP contribution >= 0.6 is 0 Å². The van der Waals surface area contributed by atoms with Gasteiger partial charge >= 0.3 is 0 Å². The van der Waals surface area contributed by atoms with Gasteiger partial charge in [0, 0.05) is 25.8 Å². The van der Waals surface area contributed by atoms with E-state index >= 15 is 0 Å². The zero-order chi connectivity index (χ0) is 18.5. The fourth-order valence-corrected chi connectivity index (χ4v) is 3.92. The Morgan fingerprint density at radius 3 is 2.81 bits per heavy atom. The van der Waals surface area contributed by atoms with E-state index in [0.717, 1.165) is 56.1 Å². The molecule has 0 N–H and O–H groups in total. The molecule has 0 radical (unpaired) electrons. The highest BCUT2D eigenvalue weighted by Gasteiger charge is 2.21. The second-order valence-corrected chi connectivity index (χ2v) is 7.63. The van der Waals surface area contributed by atoms with Crippen LogP contribution in [0.3, 0.4) is 0 Å². The van der Waals surface area contributed by atoms with E-state index in [2.05, 4.69) is 28.9 Å². The summed E-state index contributed by atoms with van der Waals surface area (Å²) in [6.07, 6.45) is 5.44. The monoisotopic (exact) mass is 368 g/mol. The predicted octanol–water partition coefficient (Wildman–Crippen LogP) is 3.67. The molecule has 0 bridgehead atoms. The molecule has 5 nitrogen and oxygen atoms in total. The van der Waals surface area contributed by atoms with Gasteiger partial charge in [-0.1, -0.05) is 19.1 Å². The van der Waals surface area contributed by atoms with Gasteiger partial charge in [-0.2, -0.15) is 0 Å². The van der Waals surface area contributed by atoms with Crippen LogP contribution in [0.25, 0.3) is 0 Å². The van der Waals surface area contributed by atoms with E-state index in [1.54, 1.807) is 0 Å². The van der Waals surface area contributed by atoms with Crippen LogP contribution in [0.4, 0.5) is 0 Å². The average Bonchev–Trinajstić information content (AvgIpc) is 3.16. The Kier molecular flexibility index (Phi) is 5.90. The molecule has 0 spiro atoms. The Hall–Kier alpha value is -2.11. The summed E-state index contributed by atoms with van der Waals surface area (Å²) in [6.45, 7) is 6.63. The largest absolute Gasteiger partial charge is 0.454 e. The maximum absolute atomic E-state index is 6.05. The Labute approximate surface area is 161 Å². The van der Waals surface area contributed by atoms with Crippen LogP contribution in [0.1, 0.15) is 31.0 Å². The van der Waals surface area contributed by atoms with Gasteiger partial charge in [0.25, 0.3) is 0 Å². The van der Waals surface area contributed by atoms with Crippen molar-refractivity contribution in [2.24, 2.45) is 5.92 Å². The summed E-state index contributed by atoms with van der Waals surface area (Å²) in [6, 6.07) is 12.3. The van der Waals surface area contributed by atoms with Crippen molar-refractivity contribution in [3.63, 3.8) is 0 Å². The Morgan fingerprint density at radius 1 is 1.15 bits per heavy atom. The first-order valence-electron chi connectivity index (χ1n) is 9.88. The second kappa shape index (κ2) is 8.72. The van der Waals surface area contributed by atoms with E-state index < -0.39 is 0 Å². The number of nitrogens with zero attached hydrogens (tertiary/aromatic N) is 2. The quantitative estimate of drug-likeness (QED) is 0.746. The van der Waals surface area contributed by atoms with E-state index in [9.17, 15) is 0 Å². The van der Waals surface area contributed by atoms with Crippen molar-refractivity contribution < 1.29 is 14.2 Å². The third-order valence-corrected chi connectivity index (χ3v) is 5.32. The molecular weight excluding hydrogens is 340 g/mol. The van der Waals surface area contributed by atoms with Crippen molar-refractivity contribution in [1.29, 1.82) is 0 Å². The van der Waals surface area contributed by atoms with Crippen LogP contribution < -0.4 is 9.47 Å². The van der Waals surface area contributed by atoms with Gasteiger partial charge in [-0.25, -0.2) is 0 Å². The topological polar surface area (TPSA) is 43.8 Å². The first-order chi connectivity index (χ1) is 13.3. The number of pyridine rings is 1. The van der Waals surface area contributed by atoms with Crippen molar-refractivity contribution in [2.75, 3.05) is 26.4 Å². The van der Waals surface area contributed by atoms with Gasteiger partial charge < -0.3 is 19.1 Å². The highest BCUT2D eigenvalue weighted by atomic mass is 16.7. The minimum absolute atomic E-state index is 0.339. The fraction of sp³-hybridized carbons (Fsp3) is 0.500. The van der Waals surface area contributed by atoms with Crippen molar-refractivity contribution >= 4 is 0 Å². The molecule has 2 aromatic rings. The zero-order valence-corrected chi connectivity index (χ0v) is 16.0. The molecule has 1 aromatic heterocycles. The van der Waals surface area contributed by atoms with E-state index in [-0.39, 0.29) is 0 Å². The van der Waals surface area contributed by atoms with Crippen LogP contribution in [0.15, 0.2) is 42.6 Å². The Balaban J connectivity index is 1.18. The summed E-state index contributed by atoms with van der Waals surface area (Å²) in [5, 5.41) is 0. The molecule has 1 aromatic carbocycles. The molecular formula is C22H28N2O3. The van der Waals surface area contributed by atoms with Gasteiger partial charge in [0.1, 0.15) is 0 Å². The van der Waals surface area contributed by atoms with Crippen molar-refractivity contribution in [1.82, 2.24) is 9.88 Å². The first-order valence-corrected chi connectivity index (χ1v) is 9.88. The molecule has 4 rings (SSSR count). The number of hydrogen-bond donors (Lipinski definition) is 0. The normalized spacial score (nSPS) is 18.6. The molecule has 1 unspecified atom stereocenters. The lowest BCUT2D eigenvalue weighted by atomic mass is 9.98. The van der Waals surface area contributed by atoms with Gasteiger partial charge in [-0.3, -0.25) is 4.98 Å². The number of piperidine rings is 1. The number of hydrogen-bond acceptors (Lipinski definition) is 5. The second-order valence-electron chi connectivity index (χ2n) is 7.63. The molecule has 0 saturated carbocycles. The van der Waals surface area contributed by atoms with E-state index in [0.29, 0.717) is 25.4 Å². The molecule has 1 saturated heterocycles. The summed E-state index contributed by atoms with van der Waals surface area (Å²) in [7, 11) is 0. The lowest BCUT2D eigenvalue weighted by Gasteiger charge is -2.33. The molecule has 0 aliphatic carbocycles. The first kappa shape index (κ1) is 18.3. The minimum Gasteiger partial charge on any atom is -0.454 e. The summed E-state index contributed by atoms with van der Waals surface area (Å²) in [5.74, 6) is 2.35. The van der Waals surface area contributed by atoms with Gasteiger partial charge in [0.2, 0.25) is 6.79 Å². The third-order valence-electron chi connectivity index (χ3n) is 5.32. The number of aromatic nitrogens is 1. The molecule has 144 valence electrons. The molecule has 3 heterocycles. The standard InChI is InChI=1S/C22H28N2O3/c1-17(12-18-5-6-21-22(13-18)27-16-26-21)14-24-10-7-20(8-11-24)25-15-19-4-2-3-9-23-19/h2-6,9,13,17,20H,7-8,10-12,14-16H2,1H3. The van der Waals surface area contributed by atoms with E-state index in [1.807, 2.05) is 30.5 Å². The van der Waals surface area contributed by atoms with Gasteiger partial charge in [-0.05, 0) is 55.0 Å². The summed E-state index contributed by atoms with van der Waals surface area (Å²) in [5.41, 5.74) is 2.33. The van der Waals surface area contributed by atoms with Crippen LogP contribution in [-0.4, -0.2) is 42.4 Å². The van der Waals surface area contributed by atoms with Crippen LogP contribution in [0.5, 0.6) is 11.5 Å². The summed E-state index contributed by atoms with van der Waals surface area (Å²) < 4.78 is 16.9. The number of fused-ring (bicyclic) bond motifs is 1. The molecule has 0 amide bonds. The minimum atomic E-state index is 0.339. The average molecular weight is 368 g/mol. The lowest BCUT2D eigenvalue weighted by Crippen LogP contribution is -2.39. The molecule has 2 aliphatic rings. The van der Waals surface area contributed by atoms with E-state index in [4.69, 9.17) is 14.2 Å². The number of likely N-dealkylation sites (tertiary alicyclic amines) is 1. The van der Waals surface area contributed by atoms with Gasteiger partial charge in [0.05, 0.1) is 18.4 Å². The number of ether oxygens (including phenoxy) is 3.